The molecule has 8 heteroatoms. The van der Waals surface area contributed by atoms with Crippen molar-refractivity contribution in [2.75, 3.05) is 50.1 Å². The number of hydrogen-bond acceptors (Lipinski definition) is 5. The minimum Gasteiger partial charge on any atom is -0.482 e. The van der Waals surface area contributed by atoms with E-state index in [1.807, 2.05) is 13.8 Å². The molecule has 0 aromatic heterocycles. The molecule has 3 amide bonds. The van der Waals surface area contributed by atoms with Crippen molar-refractivity contribution in [1.82, 2.24) is 10.2 Å². The Morgan fingerprint density at radius 3 is 2.64 bits per heavy atom. The Kier molecular flexibility index (Phi) is 6.35. The smallest absolute Gasteiger partial charge is 0.313 e. The molecule has 1 aromatic rings. The van der Waals surface area contributed by atoms with Crippen LogP contribution in [-0.2, 0) is 14.4 Å². The summed E-state index contributed by atoms with van der Waals surface area (Å²) in [6.07, 6.45) is 0. The summed E-state index contributed by atoms with van der Waals surface area (Å²) in [4.78, 5) is 39.1. The molecule has 8 nitrogen and oxygen atoms in total. The normalized spacial score (nSPS) is 13.3. The van der Waals surface area contributed by atoms with Crippen LogP contribution < -0.4 is 20.3 Å². The van der Waals surface area contributed by atoms with E-state index in [-0.39, 0.29) is 12.5 Å². The van der Waals surface area contributed by atoms with Crippen LogP contribution in [0.25, 0.3) is 0 Å². The van der Waals surface area contributed by atoms with Crippen molar-refractivity contribution < 1.29 is 19.1 Å². The topological polar surface area (TPSA) is 91.0 Å². The molecule has 0 fully saturated rings. The fourth-order valence-corrected chi connectivity index (χ4v) is 2.49. The minimum absolute atomic E-state index is 0.00977. The molecule has 0 unspecified atom stereocenters. The second-order valence-corrected chi connectivity index (χ2v) is 5.66. The summed E-state index contributed by atoms with van der Waals surface area (Å²) in [5.41, 5.74) is 0.976. The van der Waals surface area contributed by atoms with E-state index in [4.69, 9.17) is 4.74 Å². The van der Waals surface area contributed by atoms with Crippen molar-refractivity contribution in [1.29, 1.82) is 0 Å². The van der Waals surface area contributed by atoms with Crippen LogP contribution in [-0.4, -0.2) is 62.5 Å². The summed E-state index contributed by atoms with van der Waals surface area (Å²) < 4.78 is 5.32. The molecule has 0 radical (unpaired) electrons. The molecule has 2 N–H and O–H groups in total. The highest BCUT2D eigenvalue weighted by Gasteiger charge is 2.23. The fourth-order valence-electron chi connectivity index (χ4n) is 2.49. The third kappa shape index (κ3) is 4.69. The zero-order valence-corrected chi connectivity index (χ0v) is 14.8. The highest BCUT2D eigenvalue weighted by molar-refractivity contribution is 6.39. The first-order valence-electron chi connectivity index (χ1n) is 8.31. The molecule has 1 aromatic carbocycles. The number of anilines is 2. The van der Waals surface area contributed by atoms with E-state index in [1.165, 1.54) is 4.90 Å². The number of fused-ring (bicyclic) bond motifs is 1. The van der Waals surface area contributed by atoms with E-state index in [1.54, 1.807) is 25.2 Å². The first-order chi connectivity index (χ1) is 12.0. The molecule has 25 heavy (non-hydrogen) atoms. The van der Waals surface area contributed by atoms with Gasteiger partial charge in [-0.15, -0.1) is 0 Å². The number of likely N-dealkylation sites (N-methyl/N-ethyl adjacent to an activating group) is 2. The SMILES string of the molecule is CCN(CC)CCNC(=O)C(=O)Nc1ccc2c(c1)N(C)C(=O)CO2. The van der Waals surface area contributed by atoms with E-state index in [0.29, 0.717) is 30.2 Å². The lowest BCUT2D eigenvalue weighted by Gasteiger charge is -2.26. The Morgan fingerprint density at radius 2 is 1.96 bits per heavy atom. The number of rotatable bonds is 6. The van der Waals surface area contributed by atoms with Gasteiger partial charge in [0.05, 0.1) is 5.69 Å². The predicted octanol–water partition coefficient (Wildman–Crippen LogP) is 0.438. The lowest BCUT2D eigenvalue weighted by atomic mass is 10.2. The summed E-state index contributed by atoms with van der Waals surface area (Å²) >= 11 is 0. The van der Waals surface area contributed by atoms with Crippen molar-refractivity contribution in [2.45, 2.75) is 13.8 Å². The Hall–Kier alpha value is -2.61. The second kappa shape index (κ2) is 8.48. The Morgan fingerprint density at radius 1 is 1.24 bits per heavy atom. The average molecular weight is 348 g/mol. The highest BCUT2D eigenvalue weighted by Crippen LogP contribution is 2.33. The first-order valence-corrected chi connectivity index (χ1v) is 8.31. The van der Waals surface area contributed by atoms with Crippen molar-refractivity contribution in [3.05, 3.63) is 18.2 Å². The van der Waals surface area contributed by atoms with Crippen LogP contribution in [0.2, 0.25) is 0 Å². The standard InChI is InChI=1S/C17H24N4O4/c1-4-21(5-2)9-8-18-16(23)17(24)19-12-6-7-14-13(10-12)20(3)15(22)11-25-14/h6-7,10H,4-5,8-9,11H2,1-3H3,(H,18,23)(H,19,24). The maximum Gasteiger partial charge on any atom is 0.313 e. The summed E-state index contributed by atoms with van der Waals surface area (Å²) in [5, 5.41) is 5.13. The molecule has 0 saturated heterocycles. The maximum absolute atomic E-state index is 12.0. The van der Waals surface area contributed by atoms with Crippen molar-refractivity contribution in [3.8, 4) is 5.75 Å². The van der Waals surface area contributed by atoms with Gasteiger partial charge < -0.3 is 25.2 Å². The monoisotopic (exact) mass is 348 g/mol. The van der Waals surface area contributed by atoms with Gasteiger partial charge in [0.2, 0.25) is 0 Å². The van der Waals surface area contributed by atoms with Gasteiger partial charge in [-0.2, -0.15) is 0 Å². The lowest BCUT2D eigenvalue weighted by Crippen LogP contribution is -2.40. The molecule has 2 rings (SSSR count). The van der Waals surface area contributed by atoms with Crippen LogP contribution >= 0.6 is 0 Å². The number of nitrogens with zero attached hydrogens (tertiary/aromatic N) is 2. The number of nitrogens with one attached hydrogen (secondary N) is 2. The van der Waals surface area contributed by atoms with Crippen LogP contribution in [0.15, 0.2) is 18.2 Å². The Labute approximate surface area is 147 Å². The largest absolute Gasteiger partial charge is 0.482 e. The predicted molar refractivity (Wildman–Crippen MR) is 94.8 cm³/mol. The summed E-state index contributed by atoms with van der Waals surface area (Å²) in [6, 6.07) is 4.89. The van der Waals surface area contributed by atoms with Gasteiger partial charge >= 0.3 is 11.8 Å². The van der Waals surface area contributed by atoms with Crippen LogP contribution in [0.5, 0.6) is 5.75 Å². The fraction of sp³-hybridized carbons (Fsp3) is 0.471. The number of benzene rings is 1. The van der Waals surface area contributed by atoms with Gasteiger partial charge in [-0.3, -0.25) is 14.4 Å². The average Bonchev–Trinajstić information content (AvgIpc) is 2.62. The van der Waals surface area contributed by atoms with Gasteiger partial charge in [0.1, 0.15) is 5.75 Å². The number of amides is 3. The zero-order chi connectivity index (χ0) is 18.4. The molecule has 1 heterocycles. The molecular formula is C17H24N4O4. The van der Waals surface area contributed by atoms with Crippen molar-refractivity contribution >= 4 is 29.1 Å². The third-order valence-electron chi connectivity index (χ3n) is 4.12. The number of hydrogen-bond donors (Lipinski definition) is 2. The van der Waals surface area contributed by atoms with Gasteiger partial charge in [0, 0.05) is 25.8 Å². The van der Waals surface area contributed by atoms with E-state index in [2.05, 4.69) is 15.5 Å². The van der Waals surface area contributed by atoms with Gasteiger partial charge in [-0.05, 0) is 31.3 Å². The van der Waals surface area contributed by atoms with Gasteiger partial charge in [-0.25, -0.2) is 0 Å². The quantitative estimate of drug-likeness (QED) is 0.728. The van der Waals surface area contributed by atoms with Crippen LogP contribution in [0.1, 0.15) is 13.8 Å². The molecule has 0 atom stereocenters. The van der Waals surface area contributed by atoms with Crippen LogP contribution in [0, 0.1) is 0 Å². The molecule has 1 aliphatic rings. The van der Waals surface area contributed by atoms with E-state index >= 15 is 0 Å². The highest BCUT2D eigenvalue weighted by atomic mass is 16.5. The number of ether oxygens (including phenoxy) is 1. The molecule has 136 valence electrons. The second-order valence-electron chi connectivity index (χ2n) is 5.66. The van der Waals surface area contributed by atoms with E-state index in [9.17, 15) is 14.4 Å². The molecule has 0 bridgehead atoms. The summed E-state index contributed by atoms with van der Waals surface area (Å²) in [7, 11) is 1.63. The summed E-state index contributed by atoms with van der Waals surface area (Å²) in [6.45, 7) is 6.95. The third-order valence-corrected chi connectivity index (χ3v) is 4.12. The van der Waals surface area contributed by atoms with E-state index in [0.717, 1.165) is 13.1 Å². The van der Waals surface area contributed by atoms with Crippen LogP contribution in [0.4, 0.5) is 11.4 Å². The molecule has 1 aliphatic heterocycles. The number of carbonyl (C=O) groups excluding carboxylic acids is 3. The summed E-state index contributed by atoms with van der Waals surface area (Å²) in [5.74, 6) is -1.05. The van der Waals surface area contributed by atoms with Crippen molar-refractivity contribution in [2.24, 2.45) is 0 Å². The zero-order valence-electron chi connectivity index (χ0n) is 14.8. The van der Waals surface area contributed by atoms with E-state index < -0.39 is 11.8 Å². The molecule has 0 spiro atoms. The maximum atomic E-state index is 12.0. The van der Waals surface area contributed by atoms with Crippen molar-refractivity contribution in [3.63, 3.8) is 0 Å². The van der Waals surface area contributed by atoms with Crippen LogP contribution in [0.3, 0.4) is 0 Å². The lowest BCUT2D eigenvalue weighted by molar-refractivity contribution is -0.136. The van der Waals surface area contributed by atoms with Gasteiger partial charge in [0.15, 0.2) is 6.61 Å². The van der Waals surface area contributed by atoms with Gasteiger partial charge in [-0.1, -0.05) is 13.8 Å². The Bertz CT molecular complexity index is 658. The molecule has 0 saturated carbocycles. The first kappa shape index (κ1) is 18.7. The number of carbonyl (C=O) groups is 3. The molecule has 0 aliphatic carbocycles. The molecular weight excluding hydrogens is 324 g/mol. The Balaban J connectivity index is 1.92. The minimum atomic E-state index is -0.745. The van der Waals surface area contributed by atoms with Gasteiger partial charge in [0.25, 0.3) is 5.91 Å².